The maximum absolute atomic E-state index is 14.9. The van der Waals surface area contributed by atoms with Crippen molar-refractivity contribution < 1.29 is 27.9 Å². The number of hydroxylamine groups is 1. The van der Waals surface area contributed by atoms with Crippen LogP contribution in [0.25, 0.3) is 20.7 Å². The number of carbonyl (C=O) groups is 2. The molecule has 2 N–H and O–H groups in total. The Kier molecular flexibility index (Phi) is 10.7. The number of ether oxygens (including phenoxy) is 1. The molecule has 2 amide bonds. The second-order valence-electron chi connectivity index (χ2n) is 10.8. The van der Waals surface area contributed by atoms with Gasteiger partial charge in [0.1, 0.15) is 16.5 Å². The predicted molar refractivity (Wildman–Crippen MR) is 176 cm³/mol. The number of fused-ring (bicyclic) bond motifs is 1. The van der Waals surface area contributed by atoms with E-state index in [1.807, 2.05) is 24.1 Å². The summed E-state index contributed by atoms with van der Waals surface area (Å²) in [5.41, 5.74) is 2.80. The molecule has 0 radical (unpaired) electrons. The zero-order valence-corrected chi connectivity index (χ0v) is 27.1. The minimum absolute atomic E-state index is 0.172. The normalized spacial score (nSPS) is 11.2. The van der Waals surface area contributed by atoms with Crippen molar-refractivity contribution in [3.63, 3.8) is 0 Å². The first-order valence-electron chi connectivity index (χ1n) is 14.7. The van der Waals surface area contributed by atoms with Crippen LogP contribution in [0.4, 0.5) is 19.3 Å². The average molecular weight is 679 g/mol. The second-order valence-corrected chi connectivity index (χ2v) is 11.8. The molecule has 0 spiro atoms. The number of hydrogen-bond donors (Lipinski definition) is 2. The highest BCUT2D eigenvalue weighted by atomic mass is 32.1. The molecule has 3 aromatic heterocycles. The highest BCUT2D eigenvalue weighted by Gasteiger charge is 2.25. The first-order valence-corrected chi connectivity index (χ1v) is 15.5. The van der Waals surface area contributed by atoms with Gasteiger partial charge in [-0.15, -0.1) is 11.3 Å². The summed E-state index contributed by atoms with van der Waals surface area (Å²) in [4.78, 5) is 63.9. The number of amides is 2. The van der Waals surface area contributed by atoms with Gasteiger partial charge in [0.25, 0.3) is 5.56 Å². The third-order valence-corrected chi connectivity index (χ3v) is 8.79. The standard InChI is InChI=1S/C33H32F2N6O6S/c1-39(17-22-7-4-5-15-36-22)18-24-28-30(43)40(16-14-27(42)46-2)33(45)41(19-23-25(34)8-6-9-26(23)35)31(28)48-29(24)20-10-12-21(13-11-20)37-32(44)38-47-3/h4-13,15H,14,16-19H2,1-3H3,(H2,37,38,44). The number of methoxy groups -OCH3 is 1. The molecule has 3 heterocycles. The number of rotatable bonds is 12. The lowest BCUT2D eigenvalue weighted by molar-refractivity contribution is -0.140. The number of hydrogen-bond acceptors (Lipinski definition) is 9. The van der Waals surface area contributed by atoms with Crippen LogP contribution in [0.3, 0.4) is 0 Å². The van der Waals surface area contributed by atoms with Crippen LogP contribution in [0.5, 0.6) is 0 Å². The molecule has 15 heteroatoms. The second kappa shape index (κ2) is 15.1. The summed E-state index contributed by atoms with van der Waals surface area (Å²) in [6.07, 6.45) is 1.40. The fraction of sp³-hybridized carbons (Fsp3) is 0.242. The van der Waals surface area contributed by atoms with E-state index in [1.165, 1.54) is 20.3 Å². The summed E-state index contributed by atoms with van der Waals surface area (Å²) in [6.45, 7) is -0.169. The molecule has 0 saturated carbocycles. The van der Waals surface area contributed by atoms with E-state index in [9.17, 15) is 28.0 Å². The topological polar surface area (TPSA) is 137 Å². The molecule has 5 rings (SSSR count). The van der Waals surface area contributed by atoms with Crippen LogP contribution in [0, 0.1) is 11.6 Å². The summed E-state index contributed by atoms with van der Waals surface area (Å²) < 4.78 is 36.6. The van der Waals surface area contributed by atoms with Crippen LogP contribution in [0.2, 0.25) is 0 Å². The maximum Gasteiger partial charge on any atom is 0.343 e. The van der Waals surface area contributed by atoms with Gasteiger partial charge in [0.15, 0.2) is 0 Å². The number of aromatic nitrogens is 3. The lowest BCUT2D eigenvalue weighted by Gasteiger charge is -2.18. The molecule has 250 valence electrons. The number of urea groups is 1. The summed E-state index contributed by atoms with van der Waals surface area (Å²) in [5.74, 6) is -2.34. The first-order chi connectivity index (χ1) is 23.1. The molecule has 0 unspecified atom stereocenters. The Morgan fingerprint density at radius 1 is 0.938 bits per heavy atom. The zero-order chi connectivity index (χ0) is 34.4. The van der Waals surface area contributed by atoms with Crippen molar-refractivity contribution >= 4 is 39.2 Å². The van der Waals surface area contributed by atoms with Gasteiger partial charge in [-0.25, -0.2) is 23.9 Å². The van der Waals surface area contributed by atoms with Crippen molar-refractivity contribution in [2.24, 2.45) is 0 Å². The molecular formula is C33H32F2N6O6S. The number of nitrogens with zero attached hydrogens (tertiary/aromatic N) is 4. The number of pyridine rings is 1. The lowest BCUT2D eigenvalue weighted by Crippen LogP contribution is -2.41. The van der Waals surface area contributed by atoms with Crippen molar-refractivity contribution in [2.75, 3.05) is 26.6 Å². The maximum atomic E-state index is 14.9. The summed E-state index contributed by atoms with van der Waals surface area (Å²) in [7, 11) is 4.35. The van der Waals surface area contributed by atoms with Crippen LogP contribution >= 0.6 is 11.3 Å². The molecule has 0 fully saturated rings. The van der Waals surface area contributed by atoms with Crippen molar-refractivity contribution in [3.8, 4) is 10.4 Å². The SMILES string of the molecule is CONC(=O)Nc1ccc(-c2sc3c(c2CN(C)Cc2ccccn2)c(=O)n(CCC(=O)OC)c(=O)n3Cc2c(F)cccc2F)cc1. The minimum atomic E-state index is -0.852. The molecule has 0 bridgehead atoms. The van der Waals surface area contributed by atoms with Crippen molar-refractivity contribution in [2.45, 2.75) is 32.6 Å². The van der Waals surface area contributed by atoms with Gasteiger partial charge in [0.05, 0.1) is 38.3 Å². The fourth-order valence-corrected chi connectivity index (χ4v) is 6.53. The Labute approximate surface area is 277 Å². The predicted octanol–water partition coefficient (Wildman–Crippen LogP) is 4.49. The average Bonchev–Trinajstić information content (AvgIpc) is 3.43. The molecule has 0 saturated heterocycles. The molecule has 0 aliphatic carbocycles. The van der Waals surface area contributed by atoms with Crippen LogP contribution in [-0.2, 0) is 40.5 Å². The van der Waals surface area contributed by atoms with Crippen LogP contribution in [0.15, 0.2) is 76.4 Å². The van der Waals surface area contributed by atoms with E-state index in [2.05, 4.69) is 20.6 Å². The highest BCUT2D eigenvalue weighted by molar-refractivity contribution is 7.22. The summed E-state index contributed by atoms with van der Waals surface area (Å²) >= 11 is 1.13. The summed E-state index contributed by atoms with van der Waals surface area (Å²) in [6, 6.07) is 15.2. The molecule has 2 aromatic carbocycles. The van der Waals surface area contributed by atoms with Gasteiger partial charge in [0, 0.05) is 42.0 Å². The number of halogens is 2. The Morgan fingerprint density at radius 2 is 1.67 bits per heavy atom. The van der Waals surface area contributed by atoms with E-state index in [1.54, 1.807) is 36.5 Å². The largest absolute Gasteiger partial charge is 0.469 e. The van der Waals surface area contributed by atoms with Gasteiger partial charge in [-0.3, -0.25) is 33.4 Å². The van der Waals surface area contributed by atoms with Gasteiger partial charge in [0.2, 0.25) is 0 Å². The molecule has 0 atom stereocenters. The Morgan fingerprint density at radius 3 is 2.31 bits per heavy atom. The van der Waals surface area contributed by atoms with Crippen LogP contribution in [-0.4, -0.2) is 52.3 Å². The number of esters is 1. The number of anilines is 1. The highest BCUT2D eigenvalue weighted by Crippen LogP contribution is 2.38. The quantitative estimate of drug-likeness (QED) is 0.146. The third kappa shape index (κ3) is 7.48. The van der Waals surface area contributed by atoms with Gasteiger partial charge in [-0.05, 0) is 54.6 Å². The van der Waals surface area contributed by atoms with Crippen LogP contribution in [0.1, 0.15) is 23.2 Å². The molecule has 5 aromatic rings. The molecule has 12 nitrogen and oxygen atoms in total. The number of thiophene rings is 1. The number of carbonyl (C=O) groups excluding carboxylic acids is 2. The number of nitrogens with one attached hydrogen (secondary N) is 2. The first kappa shape index (κ1) is 34.1. The monoisotopic (exact) mass is 678 g/mol. The Balaban J connectivity index is 1.72. The minimum Gasteiger partial charge on any atom is -0.469 e. The molecule has 48 heavy (non-hydrogen) atoms. The summed E-state index contributed by atoms with van der Waals surface area (Å²) in [5, 5.41) is 2.80. The van der Waals surface area contributed by atoms with Crippen molar-refractivity contribution in [3.05, 3.63) is 116 Å². The van der Waals surface area contributed by atoms with Crippen molar-refractivity contribution in [1.29, 1.82) is 0 Å². The third-order valence-electron chi connectivity index (χ3n) is 7.49. The smallest absolute Gasteiger partial charge is 0.343 e. The van der Waals surface area contributed by atoms with Gasteiger partial charge < -0.3 is 10.1 Å². The van der Waals surface area contributed by atoms with E-state index < -0.39 is 41.4 Å². The fourth-order valence-electron chi connectivity index (χ4n) is 5.23. The van der Waals surface area contributed by atoms with E-state index in [4.69, 9.17) is 4.74 Å². The Bertz CT molecular complexity index is 2040. The van der Waals surface area contributed by atoms with E-state index in [0.717, 1.165) is 38.3 Å². The molecule has 0 aliphatic heterocycles. The number of benzene rings is 2. The van der Waals surface area contributed by atoms with Gasteiger partial charge in [-0.2, -0.15) is 0 Å². The van der Waals surface area contributed by atoms with Crippen LogP contribution < -0.4 is 22.0 Å². The van der Waals surface area contributed by atoms with Gasteiger partial charge >= 0.3 is 17.7 Å². The molecule has 0 aliphatic rings. The Hall–Kier alpha value is -5.25. The zero-order valence-electron chi connectivity index (χ0n) is 26.3. The van der Waals surface area contributed by atoms with E-state index in [-0.39, 0.29) is 35.3 Å². The van der Waals surface area contributed by atoms with E-state index >= 15 is 0 Å². The van der Waals surface area contributed by atoms with Gasteiger partial charge in [-0.1, -0.05) is 24.3 Å². The van der Waals surface area contributed by atoms with E-state index in [0.29, 0.717) is 28.2 Å². The molecular weight excluding hydrogens is 646 g/mol. The van der Waals surface area contributed by atoms with Crippen molar-refractivity contribution in [1.82, 2.24) is 24.5 Å². The lowest BCUT2D eigenvalue weighted by atomic mass is 10.1.